The molecule has 0 radical (unpaired) electrons. The van der Waals surface area contributed by atoms with Crippen molar-refractivity contribution in [1.29, 1.82) is 0 Å². The Hall–Kier alpha value is -2.25. The molecule has 1 atom stereocenters. The first-order valence-corrected chi connectivity index (χ1v) is 9.35. The van der Waals surface area contributed by atoms with Crippen molar-refractivity contribution in [3.63, 3.8) is 0 Å². The van der Waals surface area contributed by atoms with Crippen molar-refractivity contribution in [3.8, 4) is 5.75 Å². The molecule has 28 heavy (non-hydrogen) atoms. The van der Waals surface area contributed by atoms with E-state index in [0.717, 1.165) is 5.56 Å². The predicted octanol–water partition coefficient (Wildman–Crippen LogP) is 3.87. The van der Waals surface area contributed by atoms with Crippen LogP contribution in [-0.2, 0) is 16.0 Å². The third-order valence-corrected chi connectivity index (χ3v) is 6.13. The average Bonchev–Trinajstić information content (AvgIpc) is 3.21. The van der Waals surface area contributed by atoms with E-state index in [9.17, 15) is 27.9 Å². The molecule has 1 amide bonds. The third-order valence-electron chi connectivity index (χ3n) is 6.13. The second kappa shape index (κ2) is 6.97. The Balaban J connectivity index is 1.67. The number of aliphatic carboxylic acids is 1. The molecule has 1 saturated heterocycles. The number of rotatable bonds is 6. The highest BCUT2D eigenvalue weighted by Gasteiger charge is 2.56. The van der Waals surface area contributed by atoms with Crippen molar-refractivity contribution < 1.29 is 32.6 Å². The molecule has 0 spiro atoms. The Kier molecular flexibility index (Phi) is 5.10. The molecule has 8 heteroatoms. The van der Waals surface area contributed by atoms with E-state index in [2.05, 4.69) is 4.74 Å². The van der Waals surface area contributed by atoms with Gasteiger partial charge in [-0.15, -0.1) is 13.2 Å². The van der Waals surface area contributed by atoms with Crippen LogP contribution < -0.4 is 4.74 Å². The van der Waals surface area contributed by atoms with Gasteiger partial charge in [-0.1, -0.05) is 26.0 Å². The lowest BCUT2D eigenvalue weighted by molar-refractivity contribution is -0.274. The van der Waals surface area contributed by atoms with Gasteiger partial charge in [-0.25, -0.2) is 0 Å². The zero-order valence-electron chi connectivity index (χ0n) is 15.9. The summed E-state index contributed by atoms with van der Waals surface area (Å²) in [6.07, 6.45) is -2.48. The van der Waals surface area contributed by atoms with E-state index in [0.29, 0.717) is 32.2 Å². The number of carbonyl (C=O) groups is 2. The van der Waals surface area contributed by atoms with Crippen molar-refractivity contribution in [2.75, 3.05) is 13.1 Å². The molecule has 1 saturated carbocycles. The molecule has 1 aliphatic carbocycles. The molecule has 1 aliphatic heterocycles. The minimum Gasteiger partial charge on any atom is -0.481 e. The fourth-order valence-electron chi connectivity index (χ4n) is 4.05. The van der Waals surface area contributed by atoms with Crippen LogP contribution in [0.15, 0.2) is 24.3 Å². The summed E-state index contributed by atoms with van der Waals surface area (Å²) in [5.74, 6) is -1.30. The maximum Gasteiger partial charge on any atom is 0.573 e. The van der Waals surface area contributed by atoms with Gasteiger partial charge in [-0.3, -0.25) is 9.59 Å². The summed E-state index contributed by atoms with van der Waals surface area (Å²) in [4.78, 5) is 26.5. The lowest BCUT2D eigenvalue weighted by Crippen LogP contribution is -2.43. The van der Waals surface area contributed by atoms with Gasteiger partial charge in [0.15, 0.2) is 0 Å². The summed E-state index contributed by atoms with van der Waals surface area (Å²) in [7, 11) is 0. The standard InChI is InChI=1S/C20H24F3NO4/c1-13(2)19(17(26)27)9-10-24(12-19)16(25)18(7-8-18)11-14-3-5-15(6-4-14)28-20(21,22)23/h3-6,13H,7-12H2,1-2H3,(H,26,27). The number of carbonyl (C=O) groups excluding carboxylic acids is 1. The number of halogens is 3. The predicted molar refractivity (Wildman–Crippen MR) is 94.6 cm³/mol. The summed E-state index contributed by atoms with van der Waals surface area (Å²) in [6.45, 7) is 4.35. The quantitative estimate of drug-likeness (QED) is 0.789. The molecule has 154 valence electrons. The van der Waals surface area contributed by atoms with Crippen LogP contribution in [0.5, 0.6) is 5.75 Å². The Bertz CT molecular complexity index is 756. The molecule has 0 bridgehead atoms. The summed E-state index contributed by atoms with van der Waals surface area (Å²) < 4.78 is 40.7. The number of likely N-dealkylation sites (tertiary alicyclic amines) is 1. The number of carboxylic acid groups (broad SMARTS) is 1. The fourth-order valence-corrected chi connectivity index (χ4v) is 4.05. The van der Waals surface area contributed by atoms with Crippen LogP contribution in [0.2, 0.25) is 0 Å². The molecule has 2 aliphatic rings. The van der Waals surface area contributed by atoms with E-state index < -0.39 is 23.2 Å². The average molecular weight is 399 g/mol. The number of carboxylic acids is 1. The number of benzene rings is 1. The van der Waals surface area contributed by atoms with Gasteiger partial charge in [0, 0.05) is 13.1 Å². The molecule has 1 heterocycles. The summed E-state index contributed by atoms with van der Waals surface area (Å²) in [5, 5.41) is 9.66. The Morgan fingerprint density at radius 1 is 1.18 bits per heavy atom. The second-order valence-electron chi connectivity index (χ2n) is 8.24. The molecule has 3 rings (SSSR count). The monoisotopic (exact) mass is 399 g/mol. The van der Waals surface area contributed by atoms with Gasteiger partial charge < -0.3 is 14.7 Å². The summed E-state index contributed by atoms with van der Waals surface area (Å²) in [6, 6.07) is 5.56. The smallest absolute Gasteiger partial charge is 0.481 e. The van der Waals surface area contributed by atoms with E-state index in [1.165, 1.54) is 24.3 Å². The van der Waals surface area contributed by atoms with Crippen LogP contribution in [0.4, 0.5) is 13.2 Å². The number of alkyl halides is 3. The third kappa shape index (κ3) is 3.95. The number of ether oxygens (including phenoxy) is 1. The fraction of sp³-hybridized carbons (Fsp3) is 0.600. The minimum absolute atomic E-state index is 0.0492. The van der Waals surface area contributed by atoms with Crippen molar-refractivity contribution in [2.24, 2.45) is 16.7 Å². The molecule has 2 fully saturated rings. The number of amides is 1. The second-order valence-corrected chi connectivity index (χ2v) is 8.24. The van der Waals surface area contributed by atoms with Crippen LogP contribution in [-0.4, -0.2) is 41.3 Å². The van der Waals surface area contributed by atoms with Gasteiger partial charge in [-0.05, 0) is 49.3 Å². The molecule has 1 aromatic rings. The van der Waals surface area contributed by atoms with E-state index in [4.69, 9.17) is 0 Å². The highest BCUT2D eigenvalue weighted by atomic mass is 19.4. The van der Waals surface area contributed by atoms with Gasteiger partial charge in [0.2, 0.25) is 5.91 Å². The molecule has 1 N–H and O–H groups in total. The van der Waals surface area contributed by atoms with E-state index in [1.54, 1.807) is 4.90 Å². The first-order chi connectivity index (χ1) is 13.0. The Morgan fingerprint density at radius 3 is 2.21 bits per heavy atom. The van der Waals surface area contributed by atoms with Crippen molar-refractivity contribution in [1.82, 2.24) is 4.90 Å². The number of hydrogen-bond donors (Lipinski definition) is 1. The van der Waals surface area contributed by atoms with Crippen LogP contribution in [0.1, 0.15) is 38.7 Å². The molecular formula is C20H24F3NO4. The van der Waals surface area contributed by atoms with Crippen LogP contribution in [0.3, 0.4) is 0 Å². The van der Waals surface area contributed by atoms with Crippen molar-refractivity contribution in [3.05, 3.63) is 29.8 Å². The summed E-state index contributed by atoms with van der Waals surface area (Å²) >= 11 is 0. The largest absolute Gasteiger partial charge is 0.573 e. The molecule has 1 aromatic carbocycles. The topological polar surface area (TPSA) is 66.8 Å². The first kappa shape index (κ1) is 20.5. The zero-order chi connectivity index (χ0) is 20.7. The van der Waals surface area contributed by atoms with Crippen molar-refractivity contribution in [2.45, 2.75) is 45.9 Å². The number of nitrogens with zero attached hydrogens (tertiary/aromatic N) is 1. The van der Waals surface area contributed by atoms with E-state index in [-0.39, 0.29) is 24.1 Å². The van der Waals surface area contributed by atoms with Crippen LogP contribution >= 0.6 is 0 Å². The normalized spacial score (nSPS) is 23.7. The van der Waals surface area contributed by atoms with Crippen molar-refractivity contribution >= 4 is 11.9 Å². The van der Waals surface area contributed by atoms with Crippen LogP contribution in [0.25, 0.3) is 0 Å². The first-order valence-electron chi connectivity index (χ1n) is 9.35. The SMILES string of the molecule is CC(C)C1(C(=O)O)CCN(C(=O)C2(Cc3ccc(OC(F)(F)F)cc3)CC2)C1. The van der Waals surface area contributed by atoms with Crippen LogP contribution in [0, 0.1) is 16.7 Å². The molecule has 1 unspecified atom stereocenters. The van der Waals surface area contributed by atoms with Gasteiger partial charge >= 0.3 is 12.3 Å². The van der Waals surface area contributed by atoms with Gasteiger partial charge in [-0.2, -0.15) is 0 Å². The lowest BCUT2D eigenvalue weighted by atomic mass is 9.76. The van der Waals surface area contributed by atoms with E-state index in [1.807, 2.05) is 13.8 Å². The molecular weight excluding hydrogens is 375 g/mol. The maximum atomic E-state index is 13.1. The zero-order valence-corrected chi connectivity index (χ0v) is 15.9. The lowest BCUT2D eigenvalue weighted by Gasteiger charge is -2.30. The summed E-state index contributed by atoms with van der Waals surface area (Å²) in [5.41, 5.74) is -0.728. The van der Waals surface area contributed by atoms with Gasteiger partial charge in [0.05, 0.1) is 10.8 Å². The van der Waals surface area contributed by atoms with Gasteiger partial charge in [0.1, 0.15) is 5.75 Å². The van der Waals surface area contributed by atoms with E-state index >= 15 is 0 Å². The Morgan fingerprint density at radius 2 is 1.79 bits per heavy atom. The maximum absolute atomic E-state index is 13.1. The Labute approximate surface area is 161 Å². The highest BCUT2D eigenvalue weighted by Crippen LogP contribution is 2.51. The highest BCUT2D eigenvalue weighted by molar-refractivity contribution is 5.87. The molecule has 5 nitrogen and oxygen atoms in total. The number of hydrogen-bond acceptors (Lipinski definition) is 3. The molecule has 0 aromatic heterocycles. The van der Waals surface area contributed by atoms with Gasteiger partial charge in [0.25, 0.3) is 0 Å². The minimum atomic E-state index is -4.74.